The number of hydrogen-bond acceptors (Lipinski definition) is 10. The van der Waals surface area contributed by atoms with Crippen LogP contribution in [0.3, 0.4) is 0 Å². The number of amides is 1. The van der Waals surface area contributed by atoms with Gasteiger partial charge in [0.2, 0.25) is 13.6 Å². The van der Waals surface area contributed by atoms with Crippen LogP contribution in [0.1, 0.15) is 73.1 Å². The van der Waals surface area contributed by atoms with E-state index in [2.05, 4.69) is 5.32 Å². The van der Waals surface area contributed by atoms with Crippen LogP contribution >= 0.6 is 0 Å². The summed E-state index contributed by atoms with van der Waals surface area (Å²) in [5.74, 6) is -3.92. The monoisotopic (exact) mass is 485 g/mol. The highest BCUT2D eigenvalue weighted by Gasteiger charge is 2.73. The first-order chi connectivity index (χ1) is 15.9. The third-order valence-corrected chi connectivity index (χ3v) is 5.71. The van der Waals surface area contributed by atoms with E-state index in [9.17, 15) is 24.0 Å². The molecule has 0 heterocycles. The Morgan fingerprint density at radius 2 is 1.44 bits per heavy atom. The second-order valence-corrected chi connectivity index (χ2v) is 9.52. The van der Waals surface area contributed by atoms with Crippen LogP contribution in [0, 0.1) is 17.8 Å². The van der Waals surface area contributed by atoms with Crippen molar-refractivity contribution in [2.45, 2.75) is 84.3 Å². The summed E-state index contributed by atoms with van der Waals surface area (Å²) < 4.78 is 25.3. The van der Waals surface area contributed by atoms with Crippen LogP contribution in [-0.4, -0.2) is 54.7 Å². The summed E-state index contributed by atoms with van der Waals surface area (Å²) >= 11 is 0. The van der Waals surface area contributed by atoms with Gasteiger partial charge in [-0.2, -0.15) is 0 Å². The first kappa shape index (κ1) is 27.4. The normalized spacial score (nSPS) is 24.9. The first-order valence-electron chi connectivity index (χ1n) is 11.6. The van der Waals surface area contributed by atoms with Gasteiger partial charge in [0, 0.05) is 18.8 Å². The molecule has 2 aliphatic rings. The van der Waals surface area contributed by atoms with E-state index in [0.29, 0.717) is 19.3 Å². The molecule has 0 aliphatic heterocycles. The van der Waals surface area contributed by atoms with Crippen molar-refractivity contribution in [1.82, 2.24) is 5.32 Å². The highest BCUT2D eigenvalue weighted by Crippen LogP contribution is 2.63. The van der Waals surface area contributed by atoms with Crippen molar-refractivity contribution in [3.05, 3.63) is 0 Å². The minimum atomic E-state index is -1.53. The van der Waals surface area contributed by atoms with Crippen LogP contribution in [0.5, 0.6) is 0 Å². The van der Waals surface area contributed by atoms with E-state index in [1.165, 1.54) is 0 Å². The lowest BCUT2D eigenvalue weighted by Gasteiger charge is -2.32. The molecule has 0 radical (unpaired) electrons. The van der Waals surface area contributed by atoms with Crippen LogP contribution in [-0.2, 0) is 42.9 Å². The van der Waals surface area contributed by atoms with Gasteiger partial charge in [-0.3, -0.25) is 14.4 Å². The highest BCUT2D eigenvalue weighted by atomic mass is 16.7. The van der Waals surface area contributed by atoms with E-state index in [4.69, 9.17) is 23.7 Å². The number of esters is 4. The van der Waals surface area contributed by atoms with Crippen LogP contribution in [0.25, 0.3) is 0 Å². The van der Waals surface area contributed by atoms with Crippen molar-refractivity contribution >= 4 is 30.0 Å². The summed E-state index contributed by atoms with van der Waals surface area (Å²) in [6.07, 6.45) is 1.43. The quantitative estimate of drug-likeness (QED) is 0.263. The molecule has 1 amide bonds. The lowest BCUT2D eigenvalue weighted by Crippen LogP contribution is -2.57. The SMILES string of the molecule is CCCC(=O)OCOC(=O)[C@H]1[C@@H]2CC[C@@](NC(=O)OC(C)(C)C)(C(=O)OCOC(=O)CCC)[C@@H]21. The van der Waals surface area contributed by atoms with Gasteiger partial charge >= 0.3 is 30.0 Å². The van der Waals surface area contributed by atoms with E-state index in [0.717, 1.165) is 0 Å². The second kappa shape index (κ2) is 11.5. The van der Waals surface area contributed by atoms with Gasteiger partial charge in [-0.15, -0.1) is 0 Å². The molecular formula is C23H35NO10. The maximum atomic E-state index is 13.1. The van der Waals surface area contributed by atoms with Crippen LogP contribution in [0.2, 0.25) is 0 Å². The van der Waals surface area contributed by atoms with E-state index < -0.39 is 66.5 Å². The minimum Gasteiger partial charge on any atom is -0.444 e. The number of alkyl carbamates (subject to hydrolysis) is 1. The molecule has 0 aromatic rings. The smallest absolute Gasteiger partial charge is 0.408 e. The maximum absolute atomic E-state index is 13.1. The zero-order valence-electron chi connectivity index (χ0n) is 20.5. The lowest BCUT2D eigenvalue weighted by atomic mass is 9.90. The fraction of sp³-hybridized carbons (Fsp3) is 0.783. The number of nitrogens with one attached hydrogen (secondary N) is 1. The minimum absolute atomic E-state index is 0.181. The molecule has 0 spiro atoms. The van der Waals surface area contributed by atoms with Crippen molar-refractivity contribution in [2.75, 3.05) is 13.6 Å². The summed E-state index contributed by atoms with van der Waals surface area (Å²) in [6, 6.07) is 0. The Balaban J connectivity index is 2.06. The molecule has 192 valence electrons. The van der Waals surface area contributed by atoms with Crippen molar-refractivity contribution in [3.8, 4) is 0 Å². The molecule has 0 unspecified atom stereocenters. The molecule has 0 aromatic heterocycles. The summed E-state index contributed by atoms with van der Waals surface area (Å²) in [7, 11) is 0. The molecular weight excluding hydrogens is 450 g/mol. The molecule has 4 atom stereocenters. The third-order valence-electron chi connectivity index (χ3n) is 5.71. The Hall–Kier alpha value is -2.85. The zero-order chi connectivity index (χ0) is 25.5. The Morgan fingerprint density at radius 3 is 1.97 bits per heavy atom. The predicted octanol–water partition coefficient (Wildman–Crippen LogP) is 2.59. The van der Waals surface area contributed by atoms with Gasteiger partial charge in [-0.1, -0.05) is 13.8 Å². The van der Waals surface area contributed by atoms with Crippen LogP contribution < -0.4 is 5.32 Å². The fourth-order valence-corrected chi connectivity index (χ4v) is 4.29. The number of fused-ring (bicyclic) bond motifs is 1. The van der Waals surface area contributed by atoms with Gasteiger partial charge in [0.25, 0.3) is 0 Å². The zero-order valence-corrected chi connectivity index (χ0v) is 20.5. The molecule has 0 bridgehead atoms. The molecule has 0 aromatic carbocycles. The molecule has 34 heavy (non-hydrogen) atoms. The molecule has 2 aliphatic carbocycles. The number of carbonyl (C=O) groups is 5. The number of ether oxygens (including phenoxy) is 5. The third kappa shape index (κ3) is 7.07. The van der Waals surface area contributed by atoms with Crippen LogP contribution in [0.15, 0.2) is 0 Å². The van der Waals surface area contributed by atoms with Crippen molar-refractivity contribution < 1.29 is 47.7 Å². The van der Waals surface area contributed by atoms with Crippen molar-refractivity contribution in [2.24, 2.45) is 17.8 Å². The van der Waals surface area contributed by atoms with Gasteiger partial charge in [0.05, 0.1) is 5.92 Å². The second-order valence-electron chi connectivity index (χ2n) is 9.52. The summed E-state index contributed by atoms with van der Waals surface area (Å²) in [6.45, 7) is 7.55. The molecule has 2 saturated carbocycles. The van der Waals surface area contributed by atoms with Gasteiger partial charge < -0.3 is 29.0 Å². The standard InChI is InChI=1S/C23H35NO10/c1-6-8-15(25)30-12-32-19(27)17-14-10-11-23(18(14)17,24-21(29)34-22(3,4)5)20(28)33-13-31-16(26)9-7-2/h14,17-18H,6-13H2,1-5H3,(H,24,29)/t14-,17-,18-,23-/m0/s1. The molecule has 11 nitrogen and oxygen atoms in total. The van der Waals surface area contributed by atoms with E-state index >= 15 is 0 Å². The Labute approximate surface area is 199 Å². The van der Waals surface area contributed by atoms with Gasteiger partial charge in [-0.05, 0) is 52.4 Å². The molecule has 1 N–H and O–H groups in total. The van der Waals surface area contributed by atoms with Gasteiger partial charge in [-0.25, -0.2) is 9.59 Å². The summed E-state index contributed by atoms with van der Waals surface area (Å²) in [4.78, 5) is 61.2. The predicted molar refractivity (Wildman–Crippen MR) is 116 cm³/mol. The lowest BCUT2D eigenvalue weighted by molar-refractivity contribution is -0.173. The van der Waals surface area contributed by atoms with E-state index in [1.807, 2.05) is 13.8 Å². The van der Waals surface area contributed by atoms with Crippen LogP contribution in [0.4, 0.5) is 4.79 Å². The van der Waals surface area contributed by atoms with Crippen molar-refractivity contribution in [1.29, 1.82) is 0 Å². The number of hydrogen-bond donors (Lipinski definition) is 1. The molecule has 2 fully saturated rings. The van der Waals surface area contributed by atoms with E-state index in [1.54, 1.807) is 20.8 Å². The summed E-state index contributed by atoms with van der Waals surface area (Å²) in [5, 5.41) is 2.61. The average Bonchev–Trinajstić information content (AvgIpc) is 3.34. The van der Waals surface area contributed by atoms with Gasteiger partial charge in [0.15, 0.2) is 0 Å². The molecule has 0 saturated heterocycles. The Morgan fingerprint density at radius 1 is 0.882 bits per heavy atom. The van der Waals surface area contributed by atoms with E-state index in [-0.39, 0.29) is 25.2 Å². The van der Waals surface area contributed by atoms with Gasteiger partial charge in [0.1, 0.15) is 11.1 Å². The first-order valence-corrected chi connectivity index (χ1v) is 11.6. The molecule has 11 heteroatoms. The molecule has 2 rings (SSSR count). The number of carbonyl (C=O) groups excluding carboxylic acids is 5. The Kier molecular flexibility index (Phi) is 9.29. The fourth-order valence-electron chi connectivity index (χ4n) is 4.29. The van der Waals surface area contributed by atoms with Crippen molar-refractivity contribution in [3.63, 3.8) is 0 Å². The topological polar surface area (TPSA) is 144 Å². The Bertz CT molecular complexity index is 789. The summed E-state index contributed by atoms with van der Waals surface area (Å²) in [5.41, 5.74) is -2.35. The highest BCUT2D eigenvalue weighted by molar-refractivity contribution is 5.90. The number of rotatable bonds is 11. The maximum Gasteiger partial charge on any atom is 0.408 e. The largest absolute Gasteiger partial charge is 0.444 e. The average molecular weight is 486 g/mol.